The van der Waals surface area contributed by atoms with Crippen molar-refractivity contribution in [3.8, 4) is 0 Å². The number of hydrogen-bond acceptors (Lipinski definition) is 4. The lowest BCUT2D eigenvalue weighted by Gasteiger charge is -2.15. The molecule has 0 spiro atoms. The lowest BCUT2D eigenvalue weighted by molar-refractivity contribution is 0.318. The summed E-state index contributed by atoms with van der Waals surface area (Å²) < 4.78 is 22.7. The first-order valence-corrected chi connectivity index (χ1v) is 8.09. The number of nitrogens with zero attached hydrogens (tertiary/aromatic N) is 1. The molecular weight excluding hydrogens is 284 g/mol. The molecule has 4 nitrogen and oxygen atoms in total. The topological polar surface area (TPSA) is 63.4 Å². The summed E-state index contributed by atoms with van der Waals surface area (Å²) in [4.78, 5) is 2.75. The lowest BCUT2D eigenvalue weighted by Crippen LogP contribution is -2.22. The van der Waals surface area contributed by atoms with Gasteiger partial charge in [0.15, 0.2) is 9.84 Å². The van der Waals surface area contributed by atoms with E-state index in [9.17, 15) is 8.42 Å². The van der Waals surface area contributed by atoms with Crippen molar-refractivity contribution in [2.24, 2.45) is 11.7 Å². The largest absolute Gasteiger partial charge is 0.330 e. The van der Waals surface area contributed by atoms with Crippen LogP contribution in [-0.4, -0.2) is 39.2 Å². The Hall–Kier alpha value is -0.620. The van der Waals surface area contributed by atoms with Crippen LogP contribution in [0.15, 0.2) is 29.2 Å². The zero-order chi connectivity index (χ0) is 13.2. The van der Waals surface area contributed by atoms with Crippen molar-refractivity contribution < 1.29 is 8.42 Å². The van der Waals surface area contributed by atoms with Crippen LogP contribution >= 0.6 is 12.4 Å². The van der Waals surface area contributed by atoms with Crippen molar-refractivity contribution in [3.05, 3.63) is 29.8 Å². The van der Waals surface area contributed by atoms with Crippen molar-refractivity contribution in [1.82, 2.24) is 4.90 Å². The zero-order valence-electron chi connectivity index (χ0n) is 11.1. The van der Waals surface area contributed by atoms with Gasteiger partial charge in [-0.05, 0) is 43.1 Å². The van der Waals surface area contributed by atoms with E-state index in [0.717, 1.165) is 38.2 Å². The van der Waals surface area contributed by atoms with Crippen molar-refractivity contribution in [1.29, 1.82) is 0 Å². The minimum Gasteiger partial charge on any atom is -0.330 e. The number of halogens is 1. The molecule has 1 aromatic carbocycles. The fourth-order valence-electron chi connectivity index (χ4n) is 2.35. The van der Waals surface area contributed by atoms with Crippen molar-refractivity contribution >= 4 is 22.2 Å². The van der Waals surface area contributed by atoms with Crippen molar-refractivity contribution in [2.45, 2.75) is 17.9 Å². The van der Waals surface area contributed by atoms with Crippen molar-refractivity contribution in [3.63, 3.8) is 0 Å². The van der Waals surface area contributed by atoms with E-state index in [-0.39, 0.29) is 12.4 Å². The third-order valence-electron chi connectivity index (χ3n) is 3.46. The molecule has 1 aromatic rings. The summed E-state index contributed by atoms with van der Waals surface area (Å²) in [7, 11) is -3.09. The molecule has 6 heteroatoms. The third-order valence-corrected chi connectivity index (χ3v) is 4.59. The molecule has 0 bridgehead atoms. The van der Waals surface area contributed by atoms with E-state index >= 15 is 0 Å². The number of nitrogens with two attached hydrogens (primary N) is 1. The molecule has 0 amide bonds. The van der Waals surface area contributed by atoms with Crippen LogP contribution in [0, 0.1) is 5.92 Å². The van der Waals surface area contributed by atoms with Gasteiger partial charge in [-0.15, -0.1) is 12.4 Å². The number of sulfone groups is 1. The second-order valence-corrected chi connectivity index (χ2v) is 7.06. The first-order valence-electron chi connectivity index (χ1n) is 6.20. The Morgan fingerprint density at radius 1 is 1.32 bits per heavy atom. The summed E-state index contributed by atoms with van der Waals surface area (Å²) in [6.07, 6.45) is 2.40. The smallest absolute Gasteiger partial charge is 0.175 e. The van der Waals surface area contributed by atoms with Crippen LogP contribution in [0.1, 0.15) is 12.0 Å². The minimum atomic E-state index is -3.09. The maximum Gasteiger partial charge on any atom is 0.175 e. The zero-order valence-corrected chi connectivity index (χ0v) is 12.7. The molecule has 1 aliphatic heterocycles. The van der Waals surface area contributed by atoms with Crippen LogP contribution in [0.5, 0.6) is 0 Å². The van der Waals surface area contributed by atoms with Crippen molar-refractivity contribution in [2.75, 3.05) is 25.9 Å². The fourth-order valence-corrected chi connectivity index (χ4v) is 2.98. The molecule has 1 aliphatic rings. The van der Waals surface area contributed by atoms with Gasteiger partial charge in [-0.2, -0.15) is 0 Å². The average Bonchev–Trinajstić information content (AvgIpc) is 2.76. The highest BCUT2D eigenvalue weighted by Gasteiger charge is 2.20. The number of likely N-dealkylation sites (tertiary alicyclic amines) is 1. The summed E-state index contributed by atoms with van der Waals surface area (Å²) in [5.41, 5.74) is 6.82. The monoisotopic (exact) mass is 304 g/mol. The van der Waals surface area contributed by atoms with Gasteiger partial charge in [-0.1, -0.05) is 12.1 Å². The third kappa shape index (κ3) is 4.45. The Morgan fingerprint density at radius 2 is 1.95 bits per heavy atom. The molecule has 108 valence electrons. The van der Waals surface area contributed by atoms with E-state index in [0.29, 0.717) is 10.8 Å². The van der Waals surface area contributed by atoms with Gasteiger partial charge in [-0.3, -0.25) is 4.90 Å². The fraction of sp³-hybridized carbons (Fsp3) is 0.538. The summed E-state index contributed by atoms with van der Waals surface area (Å²) in [5.74, 6) is 0.611. The van der Waals surface area contributed by atoms with Gasteiger partial charge in [0.1, 0.15) is 0 Å². The molecular formula is C13H21ClN2O2S. The van der Waals surface area contributed by atoms with Gasteiger partial charge in [0.2, 0.25) is 0 Å². The molecule has 0 saturated carbocycles. The molecule has 1 fully saturated rings. The summed E-state index contributed by atoms with van der Waals surface area (Å²) in [6, 6.07) is 7.15. The van der Waals surface area contributed by atoms with Gasteiger partial charge in [0.25, 0.3) is 0 Å². The van der Waals surface area contributed by atoms with E-state index in [1.807, 2.05) is 12.1 Å². The van der Waals surface area contributed by atoms with Gasteiger partial charge in [-0.25, -0.2) is 8.42 Å². The van der Waals surface area contributed by atoms with Gasteiger partial charge in [0, 0.05) is 19.3 Å². The molecule has 2 N–H and O–H groups in total. The molecule has 19 heavy (non-hydrogen) atoms. The van der Waals surface area contributed by atoms with Crippen LogP contribution in [0.25, 0.3) is 0 Å². The Balaban J connectivity index is 0.00000180. The molecule has 1 heterocycles. The highest BCUT2D eigenvalue weighted by atomic mass is 35.5. The quantitative estimate of drug-likeness (QED) is 0.910. The molecule has 1 unspecified atom stereocenters. The van der Waals surface area contributed by atoms with Crippen LogP contribution in [0.2, 0.25) is 0 Å². The molecule has 0 aliphatic carbocycles. The Kier molecular flexibility index (Phi) is 5.80. The van der Waals surface area contributed by atoms with Crippen LogP contribution < -0.4 is 5.73 Å². The molecule has 2 rings (SSSR count). The maximum atomic E-state index is 11.3. The second kappa shape index (κ2) is 6.70. The average molecular weight is 305 g/mol. The summed E-state index contributed by atoms with van der Waals surface area (Å²) in [6.45, 7) is 3.75. The van der Waals surface area contributed by atoms with Crippen LogP contribution in [-0.2, 0) is 16.4 Å². The van der Waals surface area contributed by atoms with Crippen LogP contribution in [0.3, 0.4) is 0 Å². The molecule has 1 atom stereocenters. The van der Waals surface area contributed by atoms with Crippen LogP contribution in [0.4, 0.5) is 0 Å². The normalized spacial score (nSPS) is 20.2. The Labute approximate surface area is 121 Å². The van der Waals surface area contributed by atoms with E-state index in [2.05, 4.69) is 4.90 Å². The Bertz CT molecular complexity index is 502. The summed E-state index contributed by atoms with van der Waals surface area (Å²) in [5, 5.41) is 0. The van der Waals surface area contributed by atoms with E-state index < -0.39 is 9.84 Å². The predicted octanol–water partition coefficient (Wildman–Crippen LogP) is 1.29. The second-order valence-electron chi connectivity index (χ2n) is 5.04. The number of rotatable bonds is 4. The SMILES string of the molecule is CS(=O)(=O)c1ccc(CN2CCC(CN)C2)cc1.Cl. The van der Waals surface area contributed by atoms with E-state index in [1.54, 1.807) is 12.1 Å². The minimum absolute atomic E-state index is 0. The molecule has 0 radical (unpaired) electrons. The summed E-state index contributed by atoms with van der Waals surface area (Å²) >= 11 is 0. The van der Waals surface area contributed by atoms with E-state index in [4.69, 9.17) is 5.73 Å². The highest BCUT2D eigenvalue weighted by Crippen LogP contribution is 2.18. The van der Waals surface area contributed by atoms with E-state index in [1.165, 1.54) is 6.26 Å². The lowest BCUT2D eigenvalue weighted by atomic mass is 10.1. The standard InChI is InChI=1S/C13H20N2O2S.ClH/c1-18(16,17)13-4-2-11(3-5-13)9-15-7-6-12(8-14)10-15;/h2-5,12H,6-10,14H2,1H3;1H. The van der Waals surface area contributed by atoms with Gasteiger partial charge >= 0.3 is 0 Å². The number of benzene rings is 1. The van der Waals surface area contributed by atoms with Gasteiger partial charge < -0.3 is 5.73 Å². The first kappa shape index (κ1) is 16.4. The Morgan fingerprint density at radius 3 is 2.42 bits per heavy atom. The van der Waals surface area contributed by atoms with Gasteiger partial charge in [0.05, 0.1) is 4.90 Å². The maximum absolute atomic E-state index is 11.3. The number of hydrogen-bond donors (Lipinski definition) is 1. The predicted molar refractivity (Wildman–Crippen MR) is 79.2 cm³/mol. The highest BCUT2D eigenvalue weighted by molar-refractivity contribution is 7.90. The molecule has 1 saturated heterocycles. The molecule has 0 aromatic heterocycles. The first-order chi connectivity index (χ1) is 8.49.